The van der Waals surface area contributed by atoms with Gasteiger partial charge >= 0.3 is 0 Å². The molecule has 1 aliphatic carbocycles. The first-order valence-corrected chi connectivity index (χ1v) is 5.20. The maximum absolute atomic E-state index is 11.0. The van der Waals surface area contributed by atoms with Crippen LogP contribution in [0.25, 0.3) is 0 Å². The quantitative estimate of drug-likeness (QED) is 0.610. The van der Waals surface area contributed by atoms with Crippen LogP contribution < -0.4 is 5.32 Å². The summed E-state index contributed by atoms with van der Waals surface area (Å²) in [5.74, 6) is 1.57. The number of hydrogen-bond acceptors (Lipinski definition) is 2. The number of amides is 1. The Morgan fingerprint density at radius 1 is 1.15 bits per heavy atom. The molecule has 1 heterocycles. The summed E-state index contributed by atoms with van der Waals surface area (Å²) in [5, 5.41) is 2.86. The molecule has 3 nitrogen and oxygen atoms in total. The van der Waals surface area contributed by atoms with Gasteiger partial charge in [-0.1, -0.05) is 25.7 Å². The van der Waals surface area contributed by atoms with E-state index in [0.29, 0.717) is 12.5 Å². The number of carbonyl (C=O) groups is 1. The van der Waals surface area contributed by atoms with Gasteiger partial charge in [-0.2, -0.15) is 0 Å². The van der Waals surface area contributed by atoms with Crippen LogP contribution in [-0.4, -0.2) is 18.3 Å². The lowest BCUT2D eigenvalue weighted by molar-refractivity contribution is -0.117. The number of rotatable bonds is 1. The Hall–Kier alpha value is -0.860. The number of hydrogen-bond donors (Lipinski definition) is 1. The second-order valence-electron chi connectivity index (χ2n) is 3.94. The summed E-state index contributed by atoms with van der Waals surface area (Å²) in [6.07, 6.45) is 7.69. The van der Waals surface area contributed by atoms with Crippen LogP contribution in [0.2, 0.25) is 0 Å². The highest BCUT2D eigenvalue weighted by Crippen LogP contribution is 2.24. The molecule has 0 unspecified atom stereocenters. The maximum atomic E-state index is 11.0. The van der Waals surface area contributed by atoms with Crippen molar-refractivity contribution in [1.82, 2.24) is 5.32 Å². The van der Waals surface area contributed by atoms with E-state index in [0.717, 1.165) is 5.84 Å². The van der Waals surface area contributed by atoms with Gasteiger partial charge in [0.2, 0.25) is 5.91 Å². The van der Waals surface area contributed by atoms with Crippen LogP contribution in [0.15, 0.2) is 4.99 Å². The van der Waals surface area contributed by atoms with Gasteiger partial charge in [0.1, 0.15) is 12.4 Å². The molecule has 2 aliphatic rings. The minimum atomic E-state index is 0.0687. The molecule has 3 heteroatoms. The summed E-state index contributed by atoms with van der Waals surface area (Å²) in [4.78, 5) is 15.2. The van der Waals surface area contributed by atoms with E-state index in [1.807, 2.05) is 0 Å². The van der Waals surface area contributed by atoms with Gasteiger partial charge in [-0.25, -0.2) is 0 Å². The van der Waals surface area contributed by atoms with Crippen molar-refractivity contribution in [3.05, 3.63) is 0 Å². The molecule has 1 N–H and O–H groups in total. The average molecular weight is 180 g/mol. The molecule has 2 rings (SSSR count). The van der Waals surface area contributed by atoms with Crippen molar-refractivity contribution in [3.8, 4) is 0 Å². The van der Waals surface area contributed by atoms with Gasteiger partial charge in [-0.05, 0) is 12.8 Å². The highest BCUT2D eigenvalue weighted by atomic mass is 16.2. The molecule has 0 atom stereocenters. The van der Waals surface area contributed by atoms with Crippen LogP contribution in [0.3, 0.4) is 0 Å². The molecule has 1 aliphatic heterocycles. The fraction of sp³-hybridized carbons (Fsp3) is 0.800. The normalized spacial score (nSPS) is 25.2. The molecule has 0 radical (unpaired) electrons. The van der Waals surface area contributed by atoms with Crippen LogP contribution in [0.1, 0.15) is 38.5 Å². The first kappa shape index (κ1) is 8.73. The molecule has 0 bridgehead atoms. The van der Waals surface area contributed by atoms with E-state index < -0.39 is 0 Å². The third-order valence-electron chi connectivity index (χ3n) is 2.90. The standard InChI is InChI=1S/C10H16N2O/c13-9-7-11-10(12-9)8-5-3-1-2-4-6-8/h8H,1-7H2,(H,11,12,13). The lowest BCUT2D eigenvalue weighted by Crippen LogP contribution is -2.30. The van der Waals surface area contributed by atoms with E-state index >= 15 is 0 Å². The molecule has 1 saturated carbocycles. The van der Waals surface area contributed by atoms with Crippen LogP contribution in [0.5, 0.6) is 0 Å². The largest absolute Gasteiger partial charge is 0.313 e. The van der Waals surface area contributed by atoms with Crippen molar-refractivity contribution < 1.29 is 4.79 Å². The molecule has 0 aromatic heterocycles. The predicted octanol–water partition coefficient (Wildman–Crippen LogP) is 1.49. The molecule has 1 fully saturated rings. The Labute approximate surface area is 78.6 Å². The Kier molecular flexibility index (Phi) is 2.62. The zero-order valence-corrected chi connectivity index (χ0v) is 7.88. The van der Waals surface area contributed by atoms with Gasteiger partial charge in [-0.15, -0.1) is 0 Å². The highest BCUT2D eigenvalue weighted by Gasteiger charge is 2.23. The maximum Gasteiger partial charge on any atom is 0.247 e. The van der Waals surface area contributed by atoms with E-state index in [1.165, 1.54) is 38.5 Å². The molecule has 0 aromatic carbocycles. The first-order valence-electron chi connectivity index (χ1n) is 5.20. The lowest BCUT2D eigenvalue weighted by atomic mass is 9.99. The van der Waals surface area contributed by atoms with Crippen molar-refractivity contribution >= 4 is 11.7 Å². The number of carbonyl (C=O) groups excluding carboxylic acids is 1. The van der Waals surface area contributed by atoms with E-state index in [1.54, 1.807) is 0 Å². The topological polar surface area (TPSA) is 41.5 Å². The summed E-state index contributed by atoms with van der Waals surface area (Å²) < 4.78 is 0. The summed E-state index contributed by atoms with van der Waals surface area (Å²) >= 11 is 0. The summed E-state index contributed by atoms with van der Waals surface area (Å²) in [5.41, 5.74) is 0. The molecule has 13 heavy (non-hydrogen) atoms. The average Bonchev–Trinajstić information content (AvgIpc) is 2.43. The second-order valence-corrected chi connectivity index (χ2v) is 3.94. The minimum Gasteiger partial charge on any atom is -0.313 e. The highest BCUT2D eigenvalue weighted by molar-refractivity contribution is 6.04. The zero-order valence-electron chi connectivity index (χ0n) is 7.88. The van der Waals surface area contributed by atoms with Gasteiger partial charge in [0.05, 0.1) is 0 Å². The van der Waals surface area contributed by atoms with Crippen molar-refractivity contribution in [2.75, 3.05) is 6.54 Å². The smallest absolute Gasteiger partial charge is 0.247 e. The number of aliphatic imine (C=N–C) groups is 1. The van der Waals surface area contributed by atoms with E-state index in [2.05, 4.69) is 10.3 Å². The van der Waals surface area contributed by atoms with Crippen LogP contribution in [-0.2, 0) is 4.79 Å². The molecule has 72 valence electrons. The van der Waals surface area contributed by atoms with E-state index in [4.69, 9.17) is 0 Å². The molecule has 1 amide bonds. The monoisotopic (exact) mass is 180 g/mol. The van der Waals surface area contributed by atoms with Crippen LogP contribution in [0, 0.1) is 5.92 Å². The molecule has 0 aromatic rings. The Bertz CT molecular complexity index is 227. The van der Waals surface area contributed by atoms with E-state index in [-0.39, 0.29) is 5.91 Å². The SMILES string of the molecule is O=C1CN=C(C2CCCCCC2)N1. The van der Waals surface area contributed by atoms with Crippen molar-refractivity contribution in [2.24, 2.45) is 10.9 Å². The molecular formula is C10H16N2O. The van der Waals surface area contributed by atoms with Crippen LogP contribution >= 0.6 is 0 Å². The van der Waals surface area contributed by atoms with Crippen molar-refractivity contribution in [3.63, 3.8) is 0 Å². The fourth-order valence-electron chi connectivity index (χ4n) is 2.16. The van der Waals surface area contributed by atoms with E-state index in [9.17, 15) is 4.79 Å². The summed E-state index contributed by atoms with van der Waals surface area (Å²) in [7, 11) is 0. The third kappa shape index (κ3) is 2.08. The summed E-state index contributed by atoms with van der Waals surface area (Å²) in [6, 6.07) is 0. The minimum absolute atomic E-state index is 0.0687. The lowest BCUT2D eigenvalue weighted by Gasteiger charge is -2.13. The molecule has 0 saturated heterocycles. The van der Waals surface area contributed by atoms with Crippen molar-refractivity contribution in [2.45, 2.75) is 38.5 Å². The second kappa shape index (κ2) is 3.90. The number of amidine groups is 1. The van der Waals surface area contributed by atoms with Crippen molar-refractivity contribution in [1.29, 1.82) is 0 Å². The van der Waals surface area contributed by atoms with Gasteiger partial charge in [-0.3, -0.25) is 9.79 Å². The van der Waals surface area contributed by atoms with Gasteiger partial charge < -0.3 is 5.32 Å². The van der Waals surface area contributed by atoms with Crippen LogP contribution in [0.4, 0.5) is 0 Å². The third-order valence-corrected chi connectivity index (χ3v) is 2.90. The zero-order chi connectivity index (χ0) is 9.10. The molecule has 0 spiro atoms. The summed E-state index contributed by atoms with van der Waals surface area (Å²) in [6.45, 7) is 0.353. The Balaban J connectivity index is 1.95. The predicted molar refractivity (Wildman–Crippen MR) is 51.6 cm³/mol. The molecular weight excluding hydrogens is 164 g/mol. The Morgan fingerprint density at radius 2 is 1.85 bits per heavy atom. The Morgan fingerprint density at radius 3 is 2.38 bits per heavy atom. The number of nitrogens with zero attached hydrogens (tertiary/aromatic N) is 1. The van der Waals surface area contributed by atoms with Gasteiger partial charge in [0, 0.05) is 5.92 Å². The number of nitrogens with one attached hydrogen (secondary N) is 1. The van der Waals surface area contributed by atoms with Gasteiger partial charge in [0.25, 0.3) is 0 Å². The fourth-order valence-corrected chi connectivity index (χ4v) is 2.16. The first-order chi connectivity index (χ1) is 6.36. The van der Waals surface area contributed by atoms with Gasteiger partial charge in [0.15, 0.2) is 0 Å².